The van der Waals surface area contributed by atoms with Gasteiger partial charge in [0.25, 0.3) is 0 Å². The molecular formula is C19H24N6O. The van der Waals surface area contributed by atoms with Crippen LogP contribution in [-0.2, 0) is 18.3 Å². The van der Waals surface area contributed by atoms with E-state index in [0.717, 1.165) is 48.5 Å². The molecule has 4 rings (SSSR count). The molecule has 0 saturated carbocycles. The Morgan fingerprint density at radius 1 is 1.31 bits per heavy atom. The van der Waals surface area contributed by atoms with Gasteiger partial charge in [-0.2, -0.15) is 10.2 Å². The summed E-state index contributed by atoms with van der Waals surface area (Å²) in [5.74, 6) is 0.197. The van der Waals surface area contributed by atoms with Crippen LogP contribution >= 0.6 is 0 Å². The minimum atomic E-state index is 0.0583. The van der Waals surface area contributed by atoms with E-state index in [1.165, 1.54) is 0 Å². The highest BCUT2D eigenvalue weighted by Crippen LogP contribution is 2.30. The van der Waals surface area contributed by atoms with Gasteiger partial charge in [-0.15, -0.1) is 0 Å². The molecule has 1 unspecified atom stereocenters. The molecule has 3 aromatic rings. The molecule has 0 radical (unpaired) electrons. The summed E-state index contributed by atoms with van der Waals surface area (Å²) in [5, 5.41) is 8.56. The van der Waals surface area contributed by atoms with E-state index in [2.05, 4.69) is 10.2 Å². The first kappa shape index (κ1) is 16.8. The van der Waals surface area contributed by atoms with Gasteiger partial charge < -0.3 is 4.90 Å². The lowest BCUT2D eigenvalue weighted by molar-refractivity contribution is -0.135. The van der Waals surface area contributed by atoms with Gasteiger partial charge in [0.2, 0.25) is 5.91 Å². The Morgan fingerprint density at radius 2 is 2.19 bits per heavy atom. The summed E-state index contributed by atoms with van der Waals surface area (Å²) >= 11 is 0. The van der Waals surface area contributed by atoms with Crippen molar-refractivity contribution < 1.29 is 4.79 Å². The summed E-state index contributed by atoms with van der Waals surface area (Å²) in [4.78, 5) is 19.7. The lowest BCUT2D eigenvalue weighted by Crippen LogP contribution is -2.39. The van der Waals surface area contributed by atoms with Crippen molar-refractivity contribution >= 4 is 11.6 Å². The fourth-order valence-electron chi connectivity index (χ4n) is 3.76. The maximum absolute atomic E-state index is 12.9. The van der Waals surface area contributed by atoms with Gasteiger partial charge in [0.1, 0.15) is 0 Å². The predicted octanol–water partition coefficient (Wildman–Crippen LogP) is 2.46. The average Bonchev–Trinajstić information content (AvgIpc) is 3.23. The zero-order valence-corrected chi connectivity index (χ0v) is 15.3. The van der Waals surface area contributed by atoms with Crippen molar-refractivity contribution in [1.29, 1.82) is 0 Å². The standard InChI is InChI=1S/C19H24N6O/c1-14-13-18-21-16(9-12-25(18)22-14)17-5-3-4-11-24(17)19(26)7-6-15-8-10-20-23(15)2/h8-10,12-13,17H,3-7,11H2,1-2H3. The van der Waals surface area contributed by atoms with E-state index < -0.39 is 0 Å². The number of carbonyl (C=O) groups is 1. The molecule has 7 heteroatoms. The van der Waals surface area contributed by atoms with Crippen molar-refractivity contribution in [2.45, 2.75) is 45.1 Å². The topological polar surface area (TPSA) is 68.3 Å². The van der Waals surface area contributed by atoms with Crippen LogP contribution in [0.25, 0.3) is 5.65 Å². The zero-order chi connectivity index (χ0) is 18.1. The molecule has 1 fully saturated rings. The molecule has 136 valence electrons. The first-order valence-electron chi connectivity index (χ1n) is 9.21. The van der Waals surface area contributed by atoms with Gasteiger partial charge in [-0.3, -0.25) is 9.48 Å². The summed E-state index contributed by atoms with van der Waals surface area (Å²) in [5.41, 5.74) is 3.84. The van der Waals surface area contributed by atoms with Gasteiger partial charge in [0.15, 0.2) is 5.65 Å². The lowest BCUT2D eigenvalue weighted by Gasteiger charge is -2.35. The summed E-state index contributed by atoms with van der Waals surface area (Å²) in [6, 6.07) is 6.00. The molecule has 1 aliphatic heterocycles. The minimum Gasteiger partial charge on any atom is -0.334 e. The molecule has 26 heavy (non-hydrogen) atoms. The fraction of sp³-hybridized carbons (Fsp3) is 0.474. The van der Waals surface area contributed by atoms with Crippen LogP contribution < -0.4 is 0 Å². The van der Waals surface area contributed by atoms with Crippen LogP contribution in [0.4, 0.5) is 0 Å². The number of likely N-dealkylation sites (tertiary alicyclic amines) is 1. The quantitative estimate of drug-likeness (QED) is 0.723. The van der Waals surface area contributed by atoms with Gasteiger partial charge in [0, 0.05) is 44.2 Å². The molecule has 0 spiro atoms. The normalized spacial score (nSPS) is 17.8. The third kappa shape index (κ3) is 3.21. The van der Waals surface area contributed by atoms with E-state index in [4.69, 9.17) is 4.98 Å². The molecular weight excluding hydrogens is 328 g/mol. The highest BCUT2D eigenvalue weighted by Gasteiger charge is 2.29. The summed E-state index contributed by atoms with van der Waals surface area (Å²) in [7, 11) is 1.91. The van der Waals surface area contributed by atoms with Crippen LogP contribution in [0, 0.1) is 6.92 Å². The van der Waals surface area contributed by atoms with Crippen molar-refractivity contribution in [3.8, 4) is 0 Å². The highest BCUT2D eigenvalue weighted by molar-refractivity contribution is 5.77. The van der Waals surface area contributed by atoms with Gasteiger partial charge in [0.05, 0.1) is 17.4 Å². The third-order valence-corrected chi connectivity index (χ3v) is 5.15. The molecule has 0 aliphatic carbocycles. The predicted molar refractivity (Wildman–Crippen MR) is 97.6 cm³/mol. The Morgan fingerprint density at radius 3 is 3.00 bits per heavy atom. The Bertz CT molecular complexity index is 927. The molecule has 4 heterocycles. The summed E-state index contributed by atoms with van der Waals surface area (Å²) in [6.45, 7) is 2.77. The molecule has 1 atom stereocenters. The Balaban J connectivity index is 1.53. The van der Waals surface area contributed by atoms with Crippen LogP contribution in [0.5, 0.6) is 0 Å². The van der Waals surface area contributed by atoms with Crippen molar-refractivity contribution in [3.05, 3.63) is 47.7 Å². The maximum Gasteiger partial charge on any atom is 0.223 e. The second kappa shape index (κ2) is 6.90. The first-order valence-corrected chi connectivity index (χ1v) is 9.21. The number of aromatic nitrogens is 5. The first-order chi connectivity index (χ1) is 12.6. The van der Waals surface area contributed by atoms with E-state index in [0.29, 0.717) is 12.8 Å². The minimum absolute atomic E-state index is 0.0583. The van der Waals surface area contributed by atoms with Crippen molar-refractivity contribution in [2.75, 3.05) is 6.54 Å². The van der Waals surface area contributed by atoms with E-state index >= 15 is 0 Å². The zero-order valence-electron chi connectivity index (χ0n) is 15.3. The summed E-state index contributed by atoms with van der Waals surface area (Å²) in [6.07, 6.45) is 8.09. The fourth-order valence-corrected chi connectivity index (χ4v) is 3.76. The van der Waals surface area contributed by atoms with Crippen LogP contribution in [0.1, 0.15) is 48.8 Å². The molecule has 3 aromatic heterocycles. The van der Waals surface area contributed by atoms with Gasteiger partial charge >= 0.3 is 0 Å². The van der Waals surface area contributed by atoms with E-state index in [1.54, 1.807) is 10.7 Å². The van der Waals surface area contributed by atoms with Gasteiger partial charge in [-0.1, -0.05) is 0 Å². The van der Waals surface area contributed by atoms with Gasteiger partial charge in [-0.25, -0.2) is 9.50 Å². The van der Waals surface area contributed by atoms with Crippen molar-refractivity contribution in [2.24, 2.45) is 7.05 Å². The monoisotopic (exact) mass is 352 g/mol. The van der Waals surface area contributed by atoms with Crippen LogP contribution in [0.15, 0.2) is 30.6 Å². The lowest BCUT2D eigenvalue weighted by atomic mass is 9.98. The molecule has 1 aliphatic rings. The number of piperidine rings is 1. The average molecular weight is 352 g/mol. The van der Waals surface area contributed by atoms with Crippen LogP contribution in [0.3, 0.4) is 0 Å². The number of amides is 1. The van der Waals surface area contributed by atoms with Crippen molar-refractivity contribution in [1.82, 2.24) is 29.3 Å². The number of nitrogens with zero attached hydrogens (tertiary/aromatic N) is 6. The number of fused-ring (bicyclic) bond motifs is 1. The van der Waals surface area contributed by atoms with Crippen LogP contribution in [-0.4, -0.2) is 41.7 Å². The van der Waals surface area contributed by atoms with Gasteiger partial charge in [-0.05, 0) is 44.7 Å². The smallest absolute Gasteiger partial charge is 0.223 e. The molecule has 0 aromatic carbocycles. The van der Waals surface area contributed by atoms with Crippen molar-refractivity contribution in [3.63, 3.8) is 0 Å². The van der Waals surface area contributed by atoms with E-state index in [9.17, 15) is 4.79 Å². The molecule has 1 saturated heterocycles. The number of hydrogen-bond donors (Lipinski definition) is 0. The summed E-state index contributed by atoms with van der Waals surface area (Å²) < 4.78 is 3.62. The number of rotatable bonds is 4. The molecule has 1 amide bonds. The maximum atomic E-state index is 12.9. The molecule has 7 nitrogen and oxygen atoms in total. The largest absolute Gasteiger partial charge is 0.334 e. The SMILES string of the molecule is Cc1cc2nc(C3CCCCN3C(=O)CCc3ccnn3C)ccn2n1. The van der Waals surface area contributed by atoms with E-state index in [1.807, 2.05) is 47.9 Å². The number of carbonyl (C=O) groups excluding carboxylic acids is 1. The third-order valence-electron chi connectivity index (χ3n) is 5.15. The Kier molecular flexibility index (Phi) is 4.44. The Labute approximate surface area is 152 Å². The highest BCUT2D eigenvalue weighted by atomic mass is 16.2. The van der Waals surface area contributed by atoms with Crippen LogP contribution in [0.2, 0.25) is 0 Å². The second-order valence-electron chi connectivity index (χ2n) is 6.99. The number of aryl methyl sites for hydroxylation is 3. The molecule has 0 N–H and O–H groups in total. The van der Waals surface area contributed by atoms with E-state index in [-0.39, 0.29) is 11.9 Å². The molecule has 0 bridgehead atoms. The second-order valence-corrected chi connectivity index (χ2v) is 6.99. The number of hydrogen-bond acceptors (Lipinski definition) is 4. The Hall–Kier alpha value is -2.70.